The molecule has 0 unspecified atom stereocenters. The Kier molecular flexibility index (Phi) is 6.63. The monoisotopic (exact) mass is 274 g/mol. The van der Waals surface area contributed by atoms with Gasteiger partial charge in [-0.25, -0.2) is 0 Å². The van der Waals surface area contributed by atoms with E-state index in [4.69, 9.17) is 30.2 Å². The average molecular weight is 274 g/mol. The Labute approximate surface area is 116 Å². The van der Waals surface area contributed by atoms with Gasteiger partial charge in [0.2, 0.25) is 0 Å². The Morgan fingerprint density at radius 2 is 1.65 bits per heavy atom. The van der Waals surface area contributed by atoms with Gasteiger partial charge < -0.3 is 19.7 Å². The van der Waals surface area contributed by atoms with Crippen molar-refractivity contribution in [3.8, 4) is 23.6 Å². The van der Waals surface area contributed by atoms with Gasteiger partial charge in [-0.05, 0) is 23.8 Å². The number of ether oxygens (including phenoxy) is 2. The molecular weight excluding hydrogens is 260 g/mol. The highest BCUT2D eigenvalue weighted by Gasteiger charge is 2.06. The smallest absolute Gasteiger partial charge is 0.161 e. The second-order valence-corrected chi connectivity index (χ2v) is 3.63. The van der Waals surface area contributed by atoms with E-state index < -0.39 is 0 Å². The lowest BCUT2D eigenvalue weighted by Gasteiger charge is -2.12. The molecule has 6 heteroatoms. The molecule has 0 bridgehead atoms. The summed E-state index contributed by atoms with van der Waals surface area (Å²) in [6.07, 6.45) is 1.42. The Morgan fingerprint density at radius 1 is 1.05 bits per heavy atom. The Morgan fingerprint density at radius 3 is 2.20 bits per heavy atom. The second-order valence-electron chi connectivity index (χ2n) is 3.63. The van der Waals surface area contributed by atoms with E-state index in [1.165, 1.54) is 6.08 Å². The van der Waals surface area contributed by atoms with Crippen LogP contribution in [0.2, 0.25) is 0 Å². The number of hydrogen-bond donors (Lipinski definition) is 2. The first kappa shape index (κ1) is 15.5. The zero-order valence-electron chi connectivity index (χ0n) is 10.7. The molecule has 0 saturated carbocycles. The van der Waals surface area contributed by atoms with Crippen LogP contribution in [0.3, 0.4) is 0 Å². The maximum Gasteiger partial charge on any atom is 0.161 e. The highest BCUT2D eigenvalue weighted by atomic mass is 16.5. The van der Waals surface area contributed by atoms with E-state index in [1.54, 1.807) is 30.3 Å². The van der Waals surface area contributed by atoms with E-state index in [-0.39, 0.29) is 32.0 Å². The van der Waals surface area contributed by atoms with Crippen LogP contribution < -0.4 is 9.47 Å². The number of hydrogen-bond acceptors (Lipinski definition) is 6. The molecule has 0 saturated heterocycles. The topological polar surface area (TPSA) is 107 Å². The zero-order chi connectivity index (χ0) is 14.8. The molecule has 104 valence electrons. The minimum absolute atomic E-state index is 0.0258. The summed E-state index contributed by atoms with van der Waals surface area (Å²) in [6.45, 7) is -0.0758. The van der Waals surface area contributed by atoms with Crippen molar-refractivity contribution in [2.75, 3.05) is 26.4 Å². The van der Waals surface area contributed by atoms with Crippen molar-refractivity contribution in [1.29, 1.82) is 10.5 Å². The third-order valence-corrected chi connectivity index (χ3v) is 2.22. The van der Waals surface area contributed by atoms with E-state index in [9.17, 15) is 0 Å². The van der Waals surface area contributed by atoms with Crippen LogP contribution in [0.1, 0.15) is 5.56 Å². The number of aliphatic hydroxyl groups is 2. The van der Waals surface area contributed by atoms with E-state index in [2.05, 4.69) is 0 Å². The molecule has 6 nitrogen and oxygen atoms in total. The maximum absolute atomic E-state index is 8.78. The largest absolute Gasteiger partial charge is 0.487 e. The number of rotatable bonds is 7. The van der Waals surface area contributed by atoms with Gasteiger partial charge in [0.15, 0.2) is 11.5 Å². The van der Waals surface area contributed by atoms with Crippen molar-refractivity contribution in [1.82, 2.24) is 0 Å². The van der Waals surface area contributed by atoms with Crippen LogP contribution in [0, 0.1) is 22.7 Å². The van der Waals surface area contributed by atoms with E-state index >= 15 is 0 Å². The first-order valence-electron chi connectivity index (χ1n) is 5.88. The second kappa shape index (κ2) is 8.54. The number of aliphatic hydroxyl groups excluding tert-OH is 2. The predicted octanol–water partition coefficient (Wildman–Crippen LogP) is 0.859. The maximum atomic E-state index is 8.78. The molecule has 1 rings (SSSR count). The summed E-state index contributed by atoms with van der Waals surface area (Å²) < 4.78 is 10.6. The zero-order valence-corrected chi connectivity index (χ0v) is 10.7. The average Bonchev–Trinajstić information content (AvgIpc) is 2.49. The molecule has 0 spiro atoms. The first-order valence-corrected chi connectivity index (χ1v) is 5.88. The molecule has 0 aliphatic rings. The summed E-state index contributed by atoms with van der Waals surface area (Å²) >= 11 is 0. The highest BCUT2D eigenvalue weighted by molar-refractivity contribution is 5.64. The lowest BCUT2D eigenvalue weighted by Crippen LogP contribution is -2.06. The molecule has 0 amide bonds. The Balaban J connectivity index is 3.04. The number of nitriles is 2. The minimum atomic E-state index is -0.152. The van der Waals surface area contributed by atoms with Gasteiger partial charge >= 0.3 is 0 Å². The van der Waals surface area contributed by atoms with Gasteiger partial charge in [-0.1, -0.05) is 6.07 Å². The molecule has 0 fully saturated rings. The van der Waals surface area contributed by atoms with Crippen LogP contribution in [-0.4, -0.2) is 36.6 Å². The molecular formula is C14H14N2O4. The van der Waals surface area contributed by atoms with E-state index in [1.807, 2.05) is 0 Å². The van der Waals surface area contributed by atoms with Gasteiger partial charge in [0, 0.05) is 0 Å². The van der Waals surface area contributed by atoms with Crippen LogP contribution in [0.5, 0.6) is 11.5 Å². The fraction of sp³-hybridized carbons (Fsp3) is 0.286. The van der Waals surface area contributed by atoms with Gasteiger partial charge in [-0.3, -0.25) is 0 Å². The van der Waals surface area contributed by atoms with Crippen molar-refractivity contribution < 1.29 is 19.7 Å². The van der Waals surface area contributed by atoms with Crippen LogP contribution in [0.4, 0.5) is 0 Å². The molecule has 1 aromatic rings. The SMILES string of the molecule is N#CC(C#N)=Cc1ccc(OCCO)c(OCCO)c1. The molecule has 0 aliphatic carbocycles. The van der Waals surface area contributed by atoms with Gasteiger partial charge in [0.1, 0.15) is 30.9 Å². The van der Waals surface area contributed by atoms with Crippen molar-refractivity contribution in [2.45, 2.75) is 0 Å². The third kappa shape index (κ3) is 4.62. The molecule has 0 radical (unpaired) electrons. The molecule has 0 heterocycles. The van der Waals surface area contributed by atoms with Crippen LogP contribution in [-0.2, 0) is 0 Å². The van der Waals surface area contributed by atoms with Crippen molar-refractivity contribution in [3.05, 3.63) is 29.3 Å². The minimum Gasteiger partial charge on any atom is -0.487 e. The summed E-state index contributed by atoms with van der Waals surface area (Å²) in [5, 5.41) is 34.9. The number of nitrogens with zero attached hydrogens (tertiary/aromatic N) is 2. The normalized spacial score (nSPS) is 9.20. The summed E-state index contributed by atoms with van der Waals surface area (Å²) in [7, 11) is 0. The summed E-state index contributed by atoms with van der Waals surface area (Å²) in [5.41, 5.74) is 0.578. The molecule has 20 heavy (non-hydrogen) atoms. The summed E-state index contributed by atoms with van der Waals surface area (Å²) in [5.74, 6) is 0.789. The van der Waals surface area contributed by atoms with Crippen LogP contribution >= 0.6 is 0 Å². The van der Waals surface area contributed by atoms with E-state index in [0.29, 0.717) is 17.1 Å². The van der Waals surface area contributed by atoms with Crippen LogP contribution in [0.15, 0.2) is 23.8 Å². The third-order valence-electron chi connectivity index (χ3n) is 2.22. The fourth-order valence-electron chi connectivity index (χ4n) is 1.41. The molecule has 1 aromatic carbocycles. The number of allylic oxidation sites excluding steroid dienone is 1. The number of benzene rings is 1. The summed E-state index contributed by atoms with van der Waals surface area (Å²) in [4.78, 5) is 0. The van der Waals surface area contributed by atoms with E-state index in [0.717, 1.165) is 0 Å². The van der Waals surface area contributed by atoms with Gasteiger partial charge in [0.05, 0.1) is 13.2 Å². The lowest BCUT2D eigenvalue weighted by atomic mass is 10.1. The van der Waals surface area contributed by atoms with Crippen molar-refractivity contribution in [3.63, 3.8) is 0 Å². The summed E-state index contributed by atoms with van der Waals surface area (Å²) in [6, 6.07) is 8.40. The van der Waals surface area contributed by atoms with Gasteiger partial charge in [0.25, 0.3) is 0 Å². The predicted molar refractivity (Wildman–Crippen MR) is 70.8 cm³/mol. The van der Waals surface area contributed by atoms with Crippen molar-refractivity contribution >= 4 is 6.08 Å². The standard InChI is InChI=1S/C14H14N2O4/c15-9-12(10-16)7-11-1-2-13(19-5-3-17)14(8-11)20-6-4-18/h1-2,7-8,17-18H,3-6H2. The fourth-order valence-corrected chi connectivity index (χ4v) is 1.41. The quantitative estimate of drug-likeness (QED) is 0.714. The first-order chi connectivity index (χ1) is 9.74. The molecule has 2 N–H and O–H groups in total. The Hall–Kier alpha value is -2.54. The molecule has 0 atom stereocenters. The van der Waals surface area contributed by atoms with Crippen LogP contribution in [0.25, 0.3) is 6.08 Å². The highest BCUT2D eigenvalue weighted by Crippen LogP contribution is 2.29. The van der Waals surface area contributed by atoms with Crippen molar-refractivity contribution in [2.24, 2.45) is 0 Å². The lowest BCUT2D eigenvalue weighted by molar-refractivity contribution is 0.178. The molecule has 0 aromatic heterocycles. The van der Waals surface area contributed by atoms with Gasteiger partial charge in [-0.15, -0.1) is 0 Å². The Bertz CT molecular complexity index is 539. The van der Waals surface area contributed by atoms with Gasteiger partial charge in [-0.2, -0.15) is 10.5 Å². The molecule has 0 aliphatic heterocycles.